The molecule has 1 aliphatic carbocycles. The average Bonchev–Trinajstić information content (AvgIpc) is 2.79. The monoisotopic (exact) mass is 365 g/mol. The highest BCUT2D eigenvalue weighted by Crippen LogP contribution is 2.34. The molecule has 3 rings (SSSR count). The van der Waals surface area contributed by atoms with Crippen molar-refractivity contribution in [2.75, 3.05) is 39.4 Å². The van der Waals surface area contributed by atoms with Gasteiger partial charge in [-0.1, -0.05) is 24.3 Å². The molecule has 0 aromatic heterocycles. The number of hydrogen-bond acceptors (Lipinski definition) is 5. The Kier molecular flexibility index (Phi) is 5.98. The van der Waals surface area contributed by atoms with E-state index in [0.717, 1.165) is 0 Å². The Morgan fingerprint density at radius 1 is 1.16 bits per heavy atom. The minimum absolute atomic E-state index is 0. The molecule has 1 aliphatic heterocycles. The normalized spacial score (nSPS) is 19.3. The molecule has 0 saturated carbocycles. The molecule has 2 aliphatic rings. The zero-order valence-corrected chi connectivity index (χ0v) is 15.2. The predicted octanol–water partition coefficient (Wildman–Crippen LogP) is -1.99. The van der Waals surface area contributed by atoms with E-state index in [0.29, 0.717) is 44.0 Å². The van der Waals surface area contributed by atoms with E-state index in [-0.39, 0.29) is 36.4 Å². The Morgan fingerprint density at radius 3 is 2.16 bits per heavy atom. The molecule has 0 spiro atoms. The van der Waals surface area contributed by atoms with Crippen LogP contribution in [0.15, 0.2) is 24.3 Å². The van der Waals surface area contributed by atoms with Crippen LogP contribution in [0.2, 0.25) is 0 Å². The molecule has 0 radical (unpaired) electrons. The fourth-order valence-corrected chi connectivity index (χ4v) is 3.53. The van der Waals surface area contributed by atoms with Crippen LogP contribution >= 0.6 is 0 Å². The number of hydrogen-bond donors (Lipinski definition) is 0. The third-order valence-corrected chi connectivity index (χ3v) is 4.92. The summed E-state index contributed by atoms with van der Waals surface area (Å²) in [4.78, 5) is 42.0. The van der Waals surface area contributed by atoms with Gasteiger partial charge in [-0.3, -0.25) is 19.3 Å². The van der Waals surface area contributed by atoms with Crippen molar-refractivity contribution >= 4 is 17.5 Å². The summed E-state index contributed by atoms with van der Waals surface area (Å²) in [5, 5.41) is 0. The number of morpholine rings is 1. The van der Waals surface area contributed by atoms with E-state index in [9.17, 15) is 14.4 Å². The van der Waals surface area contributed by atoms with Crippen molar-refractivity contribution in [1.82, 2.24) is 9.80 Å². The molecule has 1 saturated heterocycles. The molecule has 1 aromatic carbocycles. The number of ether oxygens (including phenoxy) is 1. The number of Topliss-reactive ketones (excluding diaryl/α,β-unsaturated/α-hetero) is 2. The lowest BCUT2D eigenvalue weighted by Gasteiger charge is -2.37. The fraction of sp³-hybridized carbons (Fsp3) is 0.500. The smallest absolute Gasteiger partial charge is 0.237 e. The minimum atomic E-state index is -1.44. The van der Waals surface area contributed by atoms with Crippen molar-refractivity contribution in [2.45, 2.75) is 19.4 Å². The molecular weight excluding hydrogens is 344 g/mol. The van der Waals surface area contributed by atoms with Crippen LogP contribution in [-0.4, -0.2) is 72.2 Å². The van der Waals surface area contributed by atoms with Crippen molar-refractivity contribution in [1.29, 1.82) is 0 Å². The lowest BCUT2D eigenvalue weighted by Crippen LogP contribution is -3.00. The van der Waals surface area contributed by atoms with E-state index in [1.165, 1.54) is 4.90 Å². The summed E-state index contributed by atoms with van der Waals surface area (Å²) in [6, 6.07) is 6.78. The van der Waals surface area contributed by atoms with Gasteiger partial charge in [0.15, 0.2) is 17.1 Å². The second kappa shape index (κ2) is 7.64. The lowest BCUT2D eigenvalue weighted by atomic mass is 9.93. The van der Waals surface area contributed by atoms with Gasteiger partial charge in [-0.2, -0.15) is 0 Å². The number of benzene rings is 1. The van der Waals surface area contributed by atoms with Crippen LogP contribution in [0.1, 0.15) is 34.6 Å². The number of fused-ring (bicyclic) bond motifs is 1. The Labute approximate surface area is 153 Å². The van der Waals surface area contributed by atoms with Gasteiger partial charge in [-0.15, -0.1) is 0 Å². The van der Waals surface area contributed by atoms with Crippen LogP contribution in [-0.2, 0) is 9.53 Å². The lowest BCUT2D eigenvalue weighted by molar-refractivity contribution is -0.136. The molecule has 1 heterocycles. The Bertz CT molecular complexity index is 650. The van der Waals surface area contributed by atoms with Crippen molar-refractivity contribution in [2.24, 2.45) is 0 Å². The van der Waals surface area contributed by atoms with Gasteiger partial charge in [-0.25, -0.2) is 0 Å². The van der Waals surface area contributed by atoms with E-state index in [1.54, 1.807) is 38.1 Å². The first-order valence-corrected chi connectivity index (χ1v) is 8.29. The zero-order chi connectivity index (χ0) is 17.3. The SMILES string of the molecule is CCN(C(=O)CN1CCOCC1)C1(C)C(=O)c2ccccc2C1=O.[Cl-]. The van der Waals surface area contributed by atoms with Gasteiger partial charge in [0.25, 0.3) is 0 Å². The van der Waals surface area contributed by atoms with Gasteiger partial charge in [0.1, 0.15) is 0 Å². The fourth-order valence-electron chi connectivity index (χ4n) is 3.53. The summed E-state index contributed by atoms with van der Waals surface area (Å²) in [6.45, 7) is 6.43. The topological polar surface area (TPSA) is 66.9 Å². The largest absolute Gasteiger partial charge is 1.00 e. The van der Waals surface area contributed by atoms with Gasteiger partial charge in [0.2, 0.25) is 5.91 Å². The van der Waals surface area contributed by atoms with Crippen molar-refractivity contribution in [3.8, 4) is 0 Å². The first-order valence-electron chi connectivity index (χ1n) is 8.29. The van der Waals surface area contributed by atoms with Crippen LogP contribution in [0.25, 0.3) is 0 Å². The average molecular weight is 366 g/mol. The standard InChI is InChI=1S/C18H22N2O4.ClH/c1-3-20(15(21)12-19-8-10-24-11-9-19)18(2)16(22)13-6-4-5-7-14(13)17(18)23;/h4-7H,3,8-12H2,1-2H3;1H/p-1. The molecule has 1 aromatic rings. The number of nitrogens with zero attached hydrogens (tertiary/aromatic N) is 2. The second-order valence-electron chi connectivity index (χ2n) is 6.30. The molecule has 1 amide bonds. The maximum absolute atomic E-state index is 12.9. The highest BCUT2D eigenvalue weighted by Gasteiger charge is 2.54. The van der Waals surface area contributed by atoms with Crippen LogP contribution < -0.4 is 12.4 Å². The molecule has 25 heavy (non-hydrogen) atoms. The summed E-state index contributed by atoms with van der Waals surface area (Å²) in [7, 11) is 0. The predicted molar refractivity (Wildman–Crippen MR) is 88.2 cm³/mol. The van der Waals surface area contributed by atoms with E-state index in [2.05, 4.69) is 0 Å². The zero-order valence-electron chi connectivity index (χ0n) is 14.5. The van der Waals surface area contributed by atoms with Crippen LogP contribution in [0.3, 0.4) is 0 Å². The number of carbonyl (C=O) groups is 3. The minimum Gasteiger partial charge on any atom is -1.00 e. The van der Waals surface area contributed by atoms with E-state index in [4.69, 9.17) is 4.74 Å². The van der Waals surface area contributed by atoms with Crippen LogP contribution in [0, 0.1) is 0 Å². The van der Waals surface area contributed by atoms with Gasteiger partial charge in [0, 0.05) is 30.8 Å². The summed E-state index contributed by atoms with van der Waals surface area (Å²) in [5.41, 5.74) is -0.632. The van der Waals surface area contributed by atoms with Gasteiger partial charge in [-0.05, 0) is 13.8 Å². The number of likely N-dealkylation sites (N-methyl/N-ethyl adjacent to an activating group) is 1. The van der Waals surface area contributed by atoms with Crippen LogP contribution in [0.4, 0.5) is 0 Å². The molecule has 6 nitrogen and oxygen atoms in total. The number of halogens is 1. The molecule has 1 fully saturated rings. The van der Waals surface area contributed by atoms with Gasteiger partial charge >= 0.3 is 0 Å². The molecule has 0 atom stereocenters. The molecule has 0 N–H and O–H groups in total. The first-order chi connectivity index (χ1) is 11.5. The highest BCUT2D eigenvalue weighted by molar-refractivity contribution is 6.33. The molecule has 0 bridgehead atoms. The molecule has 136 valence electrons. The van der Waals surface area contributed by atoms with E-state index < -0.39 is 5.54 Å². The summed E-state index contributed by atoms with van der Waals surface area (Å²) >= 11 is 0. The number of amides is 1. The molecular formula is C18H22ClN2O4-. The molecule has 7 heteroatoms. The van der Waals surface area contributed by atoms with E-state index >= 15 is 0 Å². The third-order valence-electron chi connectivity index (χ3n) is 4.92. The Balaban J connectivity index is 0.00000225. The quantitative estimate of drug-likeness (QED) is 0.578. The second-order valence-corrected chi connectivity index (χ2v) is 6.30. The van der Waals surface area contributed by atoms with Crippen molar-refractivity contribution in [3.63, 3.8) is 0 Å². The summed E-state index contributed by atoms with van der Waals surface area (Å²) < 4.78 is 5.29. The molecule has 0 unspecified atom stereocenters. The summed E-state index contributed by atoms with van der Waals surface area (Å²) in [5.74, 6) is -0.781. The number of rotatable bonds is 4. The van der Waals surface area contributed by atoms with E-state index in [1.807, 2.05) is 4.90 Å². The van der Waals surface area contributed by atoms with Gasteiger partial charge < -0.3 is 22.0 Å². The first kappa shape index (κ1) is 19.6. The Morgan fingerprint density at radius 2 is 1.68 bits per heavy atom. The summed E-state index contributed by atoms with van der Waals surface area (Å²) in [6.07, 6.45) is 0. The van der Waals surface area contributed by atoms with Gasteiger partial charge in [0.05, 0.1) is 19.8 Å². The third kappa shape index (κ3) is 3.21. The number of ketones is 2. The maximum atomic E-state index is 12.9. The van der Waals surface area contributed by atoms with Crippen molar-refractivity contribution in [3.05, 3.63) is 35.4 Å². The van der Waals surface area contributed by atoms with Crippen molar-refractivity contribution < 1.29 is 31.5 Å². The Hall–Kier alpha value is -1.76. The maximum Gasteiger partial charge on any atom is 0.237 e. The van der Waals surface area contributed by atoms with Crippen LogP contribution in [0.5, 0.6) is 0 Å². The number of carbonyl (C=O) groups excluding carboxylic acids is 3. The highest BCUT2D eigenvalue weighted by atomic mass is 35.5.